The summed E-state index contributed by atoms with van der Waals surface area (Å²) in [6.45, 7) is 0. The number of nitrogens with zero attached hydrogens (tertiary/aromatic N) is 3. The molecule has 0 aliphatic carbocycles. The zero-order valence-corrected chi connectivity index (χ0v) is 30.3. The lowest BCUT2D eigenvalue weighted by atomic mass is 10.0. The van der Waals surface area contributed by atoms with Crippen molar-refractivity contribution < 1.29 is 4.42 Å². The van der Waals surface area contributed by atoms with Crippen molar-refractivity contribution in [2.75, 3.05) is 0 Å². The number of hydrogen-bond acceptors (Lipinski definition) is 4. The van der Waals surface area contributed by atoms with Crippen LogP contribution in [0.15, 0.2) is 209 Å². The van der Waals surface area contributed by atoms with Gasteiger partial charge >= 0.3 is 0 Å². The van der Waals surface area contributed by atoms with Crippen molar-refractivity contribution in [3.05, 3.63) is 211 Å². The fourth-order valence-electron chi connectivity index (χ4n) is 8.13. The van der Waals surface area contributed by atoms with E-state index in [9.17, 15) is 0 Å². The summed E-state index contributed by atoms with van der Waals surface area (Å²) < 4.78 is 9.30. The van der Waals surface area contributed by atoms with E-state index < -0.39 is 0 Å². The first kappa shape index (κ1) is 32.0. The maximum absolute atomic E-state index is 6.93. The Morgan fingerprint density at radius 3 is 1.80 bits per heavy atom. The Labute approximate surface area is 323 Å². The third kappa shape index (κ3) is 5.40. The van der Waals surface area contributed by atoms with Gasteiger partial charge in [-0.25, -0.2) is 9.98 Å². The molecular formula is C51H34N4O. The third-order valence-electron chi connectivity index (χ3n) is 10.9. The molecule has 0 saturated heterocycles. The first-order valence-corrected chi connectivity index (χ1v) is 18.9. The van der Waals surface area contributed by atoms with Gasteiger partial charge in [-0.2, -0.15) is 0 Å². The number of nitrogens with one attached hydrogen (secondary N) is 1. The molecule has 11 rings (SSSR count). The van der Waals surface area contributed by atoms with Crippen LogP contribution in [0.3, 0.4) is 0 Å². The summed E-state index contributed by atoms with van der Waals surface area (Å²) in [6, 6.07) is 68.1. The van der Waals surface area contributed by atoms with Crippen molar-refractivity contribution in [2.45, 2.75) is 6.17 Å². The van der Waals surface area contributed by atoms with Crippen molar-refractivity contribution in [1.29, 1.82) is 0 Å². The molecule has 2 aromatic heterocycles. The van der Waals surface area contributed by atoms with Gasteiger partial charge in [0.05, 0.1) is 16.7 Å². The fourth-order valence-corrected chi connectivity index (χ4v) is 8.13. The second-order valence-corrected chi connectivity index (χ2v) is 14.2. The minimum atomic E-state index is -0.282. The number of furan rings is 1. The molecule has 5 heteroatoms. The van der Waals surface area contributed by atoms with Crippen LogP contribution in [0.1, 0.15) is 22.9 Å². The van der Waals surface area contributed by atoms with Gasteiger partial charge in [-0.1, -0.05) is 158 Å². The van der Waals surface area contributed by atoms with Crippen molar-refractivity contribution in [2.24, 2.45) is 9.98 Å². The van der Waals surface area contributed by atoms with Gasteiger partial charge in [0.2, 0.25) is 0 Å². The second-order valence-electron chi connectivity index (χ2n) is 14.2. The van der Waals surface area contributed by atoms with Gasteiger partial charge in [-0.05, 0) is 64.2 Å². The quantitative estimate of drug-likeness (QED) is 0.186. The molecule has 1 aliphatic rings. The van der Waals surface area contributed by atoms with E-state index in [-0.39, 0.29) is 6.17 Å². The lowest BCUT2D eigenvalue weighted by molar-refractivity contribution is 0.665. The Balaban J connectivity index is 1.10. The lowest BCUT2D eigenvalue weighted by Crippen LogP contribution is -2.33. The summed E-state index contributed by atoms with van der Waals surface area (Å²) in [5, 5.41) is 8.05. The normalized spacial score (nSPS) is 14.2. The number of fused-ring (bicyclic) bond motifs is 6. The van der Waals surface area contributed by atoms with E-state index in [1.165, 1.54) is 33.0 Å². The molecule has 10 aromatic rings. The predicted octanol–water partition coefficient (Wildman–Crippen LogP) is 12.5. The topological polar surface area (TPSA) is 54.8 Å². The van der Waals surface area contributed by atoms with Crippen LogP contribution >= 0.6 is 0 Å². The number of benzene rings is 8. The molecule has 3 heterocycles. The smallest absolute Gasteiger partial charge is 0.159 e. The summed E-state index contributed by atoms with van der Waals surface area (Å²) in [6.07, 6.45) is -0.282. The van der Waals surface area contributed by atoms with E-state index >= 15 is 0 Å². The molecule has 8 aromatic carbocycles. The molecule has 1 atom stereocenters. The average molecular weight is 719 g/mol. The van der Waals surface area contributed by atoms with E-state index in [4.69, 9.17) is 14.4 Å². The van der Waals surface area contributed by atoms with E-state index in [1.54, 1.807) is 0 Å². The minimum absolute atomic E-state index is 0.282. The van der Waals surface area contributed by atoms with E-state index in [0.717, 1.165) is 61.2 Å². The molecule has 1 N–H and O–H groups in total. The number of aliphatic imine (C=N–C) groups is 2. The van der Waals surface area contributed by atoms with Crippen molar-refractivity contribution in [3.8, 4) is 27.9 Å². The molecular weight excluding hydrogens is 685 g/mol. The van der Waals surface area contributed by atoms with Crippen molar-refractivity contribution in [3.63, 3.8) is 0 Å². The molecule has 0 bridgehead atoms. The van der Waals surface area contributed by atoms with E-state index in [1.807, 2.05) is 36.4 Å². The maximum Gasteiger partial charge on any atom is 0.159 e. The van der Waals surface area contributed by atoms with Crippen molar-refractivity contribution >= 4 is 55.4 Å². The van der Waals surface area contributed by atoms with Crippen LogP contribution in [0, 0.1) is 0 Å². The van der Waals surface area contributed by atoms with Crippen molar-refractivity contribution in [1.82, 2.24) is 9.88 Å². The van der Waals surface area contributed by atoms with E-state index in [2.05, 4.69) is 168 Å². The van der Waals surface area contributed by atoms with Gasteiger partial charge in [0.1, 0.15) is 17.6 Å². The summed E-state index contributed by atoms with van der Waals surface area (Å²) in [5.41, 5.74) is 12.6. The first-order valence-electron chi connectivity index (χ1n) is 18.9. The Morgan fingerprint density at radius 2 is 1.07 bits per heavy atom. The summed E-state index contributed by atoms with van der Waals surface area (Å²) in [4.78, 5) is 10.2. The second kappa shape index (κ2) is 13.1. The molecule has 0 spiro atoms. The predicted molar refractivity (Wildman–Crippen MR) is 231 cm³/mol. The molecule has 56 heavy (non-hydrogen) atoms. The summed E-state index contributed by atoms with van der Waals surface area (Å²) in [5.74, 6) is 1.44. The Morgan fingerprint density at radius 1 is 0.446 bits per heavy atom. The van der Waals surface area contributed by atoms with Gasteiger partial charge in [0.25, 0.3) is 0 Å². The first-order chi connectivity index (χ1) is 27.7. The highest BCUT2D eigenvalue weighted by Gasteiger charge is 2.23. The molecule has 1 aliphatic heterocycles. The van der Waals surface area contributed by atoms with Crippen LogP contribution in [0.2, 0.25) is 0 Å². The van der Waals surface area contributed by atoms with Crippen LogP contribution in [0.25, 0.3) is 71.7 Å². The van der Waals surface area contributed by atoms with Gasteiger partial charge in [0, 0.05) is 32.7 Å². The number of rotatable bonds is 6. The highest BCUT2D eigenvalue weighted by molar-refractivity contribution is 6.16. The monoisotopic (exact) mass is 718 g/mol. The SMILES string of the molecule is c1ccc(C2=NC(c3ccc4c(c3)oc3c(-n5c6ccc(-c7ccccc7)cc6c6ccc(-c7ccccc7)cc65)cccc34)=NC(c3ccccc3)N2)cc1. The minimum Gasteiger partial charge on any atom is -0.454 e. The molecule has 0 saturated carbocycles. The Hall–Kier alpha value is -7.50. The van der Waals surface area contributed by atoms with Gasteiger partial charge in [0.15, 0.2) is 11.4 Å². The molecule has 5 nitrogen and oxygen atoms in total. The van der Waals surface area contributed by atoms with Crippen LogP contribution < -0.4 is 5.32 Å². The summed E-state index contributed by atoms with van der Waals surface area (Å²) in [7, 11) is 0. The van der Waals surface area contributed by atoms with Gasteiger partial charge in [-0.15, -0.1) is 0 Å². The zero-order chi connectivity index (χ0) is 37.0. The zero-order valence-electron chi connectivity index (χ0n) is 30.3. The molecule has 1 unspecified atom stereocenters. The number of amidine groups is 2. The number of para-hydroxylation sites is 1. The van der Waals surface area contributed by atoms with Gasteiger partial charge < -0.3 is 14.3 Å². The highest BCUT2D eigenvalue weighted by Crippen LogP contribution is 2.41. The molecule has 0 radical (unpaired) electrons. The fraction of sp³-hybridized carbons (Fsp3) is 0.0196. The van der Waals surface area contributed by atoms with E-state index in [0.29, 0.717) is 5.84 Å². The molecule has 0 fully saturated rings. The van der Waals surface area contributed by atoms with Crippen LogP contribution in [-0.4, -0.2) is 16.2 Å². The largest absolute Gasteiger partial charge is 0.454 e. The Kier molecular flexibility index (Phi) is 7.49. The van der Waals surface area contributed by atoms with Gasteiger partial charge in [-0.3, -0.25) is 0 Å². The van der Waals surface area contributed by atoms with Crippen LogP contribution in [0.4, 0.5) is 0 Å². The lowest BCUT2D eigenvalue weighted by Gasteiger charge is -2.23. The summed E-state index contributed by atoms with van der Waals surface area (Å²) >= 11 is 0. The number of aromatic nitrogens is 1. The third-order valence-corrected chi connectivity index (χ3v) is 10.9. The highest BCUT2D eigenvalue weighted by atomic mass is 16.3. The number of hydrogen-bond donors (Lipinski definition) is 1. The Bertz CT molecular complexity index is 3140. The van der Waals surface area contributed by atoms with Crippen LogP contribution in [0.5, 0.6) is 0 Å². The average Bonchev–Trinajstić information content (AvgIpc) is 3.82. The molecule has 0 amide bonds. The van der Waals surface area contributed by atoms with Crippen LogP contribution in [-0.2, 0) is 0 Å². The standard InChI is InChI=1S/C51H34N4O/c1-5-14-33(15-6-1)37-26-29-44-43(30-37)40-27-24-38(34-16-7-2-8-17-34)31-46(40)55(44)45-23-13-22-42-41-28-25-39(32-47(41)56-48(42)45)51-53-49(35-18-9-3-10-19-35)52-50(54-51)36-20-11-4-12-21-36/h1-32,49H,(H,52,53,54). The maximum atomic E-state index is 6.93. The molecule has 264 valence electrons.